The number of ether oxygens (including phenoxy) is 1. The molecule has 0 aliphatic carbocycles. The van der Waals surface area contributed by atoms with E-state index in [1.54, 1.807) is 17.4 Å². The largest absolute Gasteiger partial charge is 0.491 e. The van der Waals surface area contributed by atoms with E-state index in [0.29, 0.717) is 5.69 Å². The number of hydrogen-bond acceptors (Lipinski definition) is 5. The van der Waals surface area contributed by atoms with E-state index in [4.69, 9.17) is 4.74 Å². The molecule has 0 aliphatic rings. The van der Waals surface area contributed by atoms with E-state index in [1.165, 1.54) is 19.4 Å². The van der Waals surface area contributed by atoms with Gasteiger partial charge in [0.1, 0.15) is 5.01 Å². The van der Waals surface area contributed by atoms with Gasteiger partial charge in [-0.3, -0.25) is 4.79 Å². The Hall–Kier alpha value is -3.32. The maximum absolute atomic E-state index is 13.8. The van der Waals surface area contributed by atoms with Crippen molar-refractivity contribution in [3.63, 3.8) is 0 Å². The molecule has 0 saturated carbocycles. The van der Waals surface area contributed by atoms with E-state index in [0.717, 1.165) is 20.8 Å². The average molecular weight is 379 g/mol. The lowest BCUT2D eigenvalue weighted by atomic mass is 10.1. The van der Waals surface area contributed by atoms with Crippen molar-refractivity contribution in [3.8, 4) is 16.3 Å². The summed E-state index contributed by atoms with van der Waals surface area (Å²) in [6, 6.07) is 16.6. The molecule has 1 amide bonds. The zero-order valence-corrected chi connectivity index (χ0v) is 15.1. The highest BCUT2D eigenvalue weighted by molar-refractivity contribution is 7.21. The number of rotatable bonds is 4. The highest BCUT2D eigenvalue weighted by Gasteiger charge is 2.19. The second-order valence-corrected chi connectivity index (χ2v) is 6.70. The van der Waals surface area contributed by atoms with Gasteiger partial charge in [0.15, 0.2) is 5.75 Å². The fourth-order valence-electron chi connectivity index (χ4n) is 2.75. The molecule has 27 heavy (non-hydrogen) atoms. The molecule has 7 heteroatoms. The summed E-state index contributed by atoms with van der Waals surface area (Å²) in [5.41, 5.74) is 2.35. The minimum atomic E-state index is -0.829. The van der Waals surface area contributed by atoms with Gasteiger partial charge in [0.05, 0.1) is 28.6 Å². The van der Waals surface area contributed by atoms with Gasteiger partial charge < -0.3 is 10.1 Å². The summed E-state index contributed by atoms with van der Waals surface area (Å²) in [5.74, 6) is -1.50. The molecule has 5 nitrogen and oxygen atoms in total. The number of thiazole rings is 1. The molecule has 0 spiro atoms. The smallest absolute Gasteiger partial charge is 0.259 e. The van der Waals surface area contributed by atoms with Crippen LogP contribution in [0.5, 0.6) is 5.75 Å². The van der Waals surface area contributed by atoms with Crippen LogP contribution in [0.4, 0.5) is 10.1 Å². The lowest BCUT2D eigenvalue weighted by Crippen LogP contribution is -2.15. The standard InChI is InChI=1S/C20H14FN3O2S/c1-26-17-13(10-11-22-18(17)21)19(25)23-14-7-3-2-6-12(14)20-24-15-8-4-5-9-16(15)27-20/h2-11H,1H3,(H,23,25). The summed E-state index contributed by atoms with van der Waals surface area (Å²) < 4.78 is 19.8. The molecule has 1 N–H and O–H groups in total. The number of methoxy groups -OCH3 is 1. The highest BCUT2D eigenvalue weighted by Crippen LogP contribution is 2.34. The number of nitrogens with zero attached hydrogens (tertiary/aromatic N) is 2. The molecule has 0 bridgehead atoms. The van der Waals surface area contributed by atoms with Crippen molar-refractivity contribution in [3.05, 3.63) is 72.3 Å². The van der Waals surface area contributed by atoms with Crippen LogP contribution in [0.3, 0.4) is 0 Å². The molecule has 2 aromatic carbocycles. The van der Waals surface area contributed by atoms with Gasteiger partial charge in [-0.15, -0.1) is 11.3 Å². The summed E-state index contributed by atoms with van der Waals surface area (Å²) in [7, 11) is 1.30. The Morgan fingerprint density at radius 1 is 1.11 bits per heavy atom. The summed E-state index contributed by atoms with van der Waals surface area (Å²) >= 11 is 1.54. The van der Waals surface area contributed by atoms with Crippen LogP contribution in [0.1, 0.15) is 10.4 Å². The highest BCUT2D eigenvalue weighted by atomic mass is 32.1. The molecule has 2 aromatic heterocycles. The minimum Gasteiger partial charge on any atom is -0.491 e. The number of hydrogen-bond donors (Lipinski definition) is 1. The Morgan fingerprint density at radius 3 is 2.70 bits per heavy atom. The number of pyridine rings is 1. The quantitative estimate of drug-likeness (QED) is 0.519. The molecule has 0 radical (unpaired) electrons. The lowest BCUT2D eigenvalue weighted by Gasteiger charge is -2.11. The SMILES string of the molecule is COc1c(C(=O)Nc2ccccc2-c2nc3ccccc3s2)ccnc1F. The Balaban J connectivity index is 1.72. The molecule has 0 unspecified atom stereocenters. The number of carbonyl (C=O) groups is 1. The van der Waals surface area contributed by atoms with E-state index >= 15 is 0 Å². The third kappa shape index (κ3) is 3.24. The predicted molar refractivity (Wildman–Crippen MR) is 104 cm³/mol. The molecular formula is C20H14FN3O2S. The fourth-order valence-corrected chi connectivity index (χ4v) is 3.76. The van der Waals surface area contributed by atoms with Gasteiger partial charge in [-0.25, -0.2) is 9.97 Å². The van der Waals surface area contributed by atoms with Crippen LogP contribution in [0.2, 0.25) is 0 Å². The number of aromatic nitrogens is 2. The van der Waals surface area contributed by atoms with Crippen molar-refractivity contribution < 1.29 is 13.9 Å². The number of halogens is 1. The molecule has 134 valence electrons. The topological polar surface area (TPSA) is 64.1 Å². The van der Waals surface area contributed by atoms with Crippen molar-refractivity contribution in [2.24, 2.45) is 0 Å². The molecular weight excluding hydrogens is 365 g/mol. The first-order valence-electron chi connectivity index (χ1n) is 8.12. The first-order chi connectivity index (χ1) is 13.2. The first kappa shape index (κ1) is 17.1. The van der Waals surface area contributed by atoms with Crippen molar-refractivity contribution in [1.82, 2.24) is 9.97 Å². The third-order valence-corrected chi connectivity index (χ3v) is 5.08. The van der Waals surface area contributed by atoms with Crippen LogP contribution < -0.4 is 10.1 Å². The van der Waals surface area contributed by atoms with E-state index in [9.17, 15) is 9.18 Å². The van der Waals surface area contributed by atoms with Gasteiger partial charge in [-0.2, -0.15) is 4.39 Å². The van der Waals surface area contributed by atoms with Crippen LogP contribution in [0, 0.1) is 5.95 Å². The second-order valence-electron chi connectivity index (χ2n) is 5.67. The number of anilines is 1. The Morgan fingerprint density at radius 2 is 1.89 bits per heavy atom. The van der Waals surface area contributed by atoms with Crippen LogP contribution >= 0.6 is 11.3 Å². The van der Waals surface area contributed by atoms with E-state index in [1.807, 2.05) is 42.5 Å². The van der Waals surface area contributed by atoms with Gasteiger partial charge in [-0.05, 0) is 30.3 Å². The minimum absolute atomic E-state index is 0.0732. The molecule has 2 heterocycles. The average Bonchev–Trinajstić information content (AvgIpc) is 3.12. The van der Waals surface area contributed by atoms with Gasteiger partial charge in [0.2, 0.25) is 0 Å². The summed E-state index contributed by atoms with van der Waals surface area (Å²) in [5, 5.41) is 3.62. The third-order valence-electron chi connectivity index (χ3n) is 4.01. The Labute approximate surface area is 158 Å². The molecule has 0 fully saturated rings. The number of nitrogens with one attached hydrogen (secondary N) is 1. The van der Waals surface area contributed by atoms with Crippen LogP contribution in [-0.4, -0.2) is 23.0 Å². The second kappa shape index (κ2) is 7.13. The van der Waals surface area contributed by atoms with Crippen molar-refractivity contribution in [2.45, 2.75) is 0 Å². The van der Waals surface area contributed by atoms with Gasteiger partial charge in [-0.1, -0.05) is 24.3 Å². The van der Waals surface area contributed by atoms with Gasteiger partial charge in [0.25, 0.3) is 11.9 Å². The van der Waals surface area contributed by atoms with Crippen molar-refractivity contribution in [1.29, 1.82) is 0 Å². The molecule has 4 aromatic rings. The van der Waals surface area contributed by atoms with Crippen LogP contribution in [-0.2, 0) is 0 Å². The zero-order valence-electron chi connectivity index (χ0n) is 14.3. The maximum Gasteiger partial charge on any atom is 0.259 e. The molecule has 4 rings (SSSR count). The number of carbonyl (C=O) groups excluding carboxylic acids is 1. The van der Waals surface area contributed by atoms with Gasteiger partial charge >= 0.3 is 0 Å². The molecule has 0 atom stereocenters. The molecule has 0 saturated heterocycles. The summed E-state index contributed by atoms with van der Waals surface area (Å²) in [4.78, 5) is 20.9. The Kier molecular flexibility index (Phi) is 4.52. The normalized spacial score (nSPS) is 10.7. The van der Waals surface area contributed by atoms with Crippen molar-refractivity contribution in [2.75, 3.05) is 12.4 Å². The number of benzene rings is 2. The van der Waals surface area contributed by atoms with Crippen LogP contribution in [0.25, 0.3) is 20.8 Å². The van der Waals surface area contributed by atoms with Crippen molar-refractivity contribution >= 4 is 33.1 Å². The summed E-state index contributed by atoms with van der Waals surface area (Å²) in [6.45, 7) is 0. The number of amides is 1. The first-order valence-corrected chi connectivity index (χ1v) is 8.94. The number of fused-ring (bicyclic) bond motifs is 1. The van der Waals surface area contributed by atoms with Crippen LogP contribution in [0.15, 0.2) is 60.8 Å². The lowest BCUT2D eigenvalue weighted by molar-refractivity contribution is 0.102. The fraction of sp³-hybridized carbons (Fsp3) is 0.0500. The Bertz CT molecular complexity index is 1110. The van der Waals surface area contributed by atoms with Gasteiger partial charge in [0, 0.05) is 11.8 Å². The monoisotopic (exact) mass is 379 g/mol. The number of para-hydroxylation sites is 2. The van der Waals surface area contributed by atoms with E-state index in [2.05, 4.69) is 15.3 Å². The molecule has 0 aliphatic heterocycles. The maximum atomic E-state index is 13.8. The van der Waals surface area contributed by atoms with E-state index in [-0.39, 0.29) is 11.3 Å². The van der Waals surface area contributed by atoms with E-state index < -0.39 is 11.9 Å². The summed E-state index contributed by atoms with van der Waals surface area (Å²) in [6.07, 6.45) is 1.23. The zero-order chi connectivity index (χ0) is 18.8. The predicted octanol–water partition coefficient (Wildman–Crippen LogP) is 4.76.